The van der Waals surface area contributed by atoms with Crippen LogP contribution in [-0.4, -0.2) is 4.98 Å². The Hall–Kier alpha value is -6.25. The second-order valence-corrected chi connectivity index (χ2v) is 12.3. The van der Waals surface area contributed by atoms with Gasteiger partial charge in [0.2, 0.25) is 0 Å². The zero-order valence-corrected chi connectivity index (χ0v) is 25.4. The Kier molecular flexibility index (Phi) is 5.61. The van der Waals surface area contributed by atoms with Crippen LogP contribution in [0.2, 0.25) is 0 Å². The largest absolute Gasteiger partial charge is 0.454 e. The van der Waals surface area contributed by atoms with Gasteiger partial charge in [-0.1, -0.05) is 133 Å². The molecule has 2 aromatic heterocycles. The minimum atomic E-state index is 0.823. The zero-order valence-electron chi connectivity index (χ0n) is 25.4. The van der Waals surface area contributed by atoms with Crippen molar-refractivity contribution in [3.8, 4) is 33.4 Å². The lowest BCUT2D eigenvalue weighted by atomic mass is 9.85. The molecule has 0 atom stereocenters. The Labute approximate surface area is 271 Å². The molecule has 0 unspecified atom stereocenters. The third-order valence-electron chi connectivity index (χ3n) is 9.61. The van der Waals surface area contributed by atoms with E-state index in [1.54, 1.807) is 0 Å². The van der Waals surface area contributed by atoms with Crippen molar-refractivity contribution in [2.24, 2.45) is 0 Å². The first-order valence-corrected chi connectivity index (χ1v) is 16.1. The molecule has 0 fully saturated rings. The molecule has 0 aliphatic rings. The average molecular weight is 598 g/mol. The number of benzene rings is 8. The molecule has 10 aromatic rings. The van der Waals surface area contributed by atoms with Crippen molar-refractivity contribution < 1.29 is 4.42 Å². The molecule has 2 nitrogen and oxygen atoms in total. The Morgan fingerprint density at radius 3 is 1.60 bits per heavy atom. The average Bonchev–Trinajstić information content (AvgIpc) is 3.50. The minimum Gasteiger partial charge on any atom is -0.454 e. The van der Waals surface area contributed by atoms with Gasteiger partial charge < -0.3 is 4.42 Å². The fourth-order valence-electron chi connectivity index (χ4n) is 7.55. The Bertz CT molecular complexity index is 2800. The topological polar surface area (TPSA) is 26.0 Å². The lowest BCUT2D eigenvalue weighted by molar-refractivity contribution is 0.670. The van der Waals surface area contributed by atoms with Crippen molar-refractivity contribution >= 4 is 65.3 Å². The van der Waals surface area contributed by atoms with Crippen molar-refractivity contribution in [1.82, 2.24) is 4.98 Å². The number of hydrogen-bond acceptors (Lipinski definition) is 2. The monoisotopic (exact) mass is 597 g/mol. The molecule has 0 bridgehead atoms. The molecule has 0 saturated heterocycles. The van der Waals surface area contributed by atoms with Gasteiger partial charge in [-0.25, -0.2) is 4.98 Å². The third-order valence-corrected chi connectivity index (χ3v) is 9.61. The standard InChI is InChI=1S/C45H27NO/c1-2-13-29-26-32(25-24-28(29)12-1)42-35-18-5-3-16-33(35)41(34-17-4-6-19-36(34)42)30-14-11-15-31(27-30)43-37-20-7-9-22-39(37)46-44-38-21-8-10-23-40(38)47-45(43)44/h1-27H. The first kappa shape index (κ1) is 26.0. The summed E-state index contributed by atoms with van der Waals surface area (Å²) in [5.41, 5.74) is 10.6. The van der Waals surface area contributed by atoms with Crippen molar-refractivity contribution in [2.45, 2.75) is 0 Å². The smallest absolute Gasteiger partial charge is 0.162 e. The number of nitrogens with zero attached hydrogens (tertiary/aromatic N) is 1. The molecular weight excluding hydrogens is 571 g/mol. The first-order chi connectivity index (χ1) is 23.3. The summed E-state index contributed by atoms with van der Waals surface area (Å²) in [6.45, 7) is 0. The summed E-state index contributed by atoms with van der Waals surface area (Å²) in [5.74, 6) is 0. The van der Waals surface area contributed by atoms with E-state index in [-0.39, 0.29) is 0 Å². The second kappa shape index (κ2) is 10.1. The maximum Gasteiger partial charge on any atom is 0.162 e. The molecule has 0 amide bonds. The fraction of sp³-hybridized carbons (Fsp3) is 0. The van der Waals surface area contributed by atoms with Gasteiger partial charge in [-0.05, 0) is 90.5 Å². The maximum atomic E-state index is 6.56. The Morgan fingerprint density at radius 1 is 0.362 bits per heavy atom. The van der Waals surface area contributed by atoms with Crippen LogP contribution in [0.25, 0.3) is 98.7 Å². The van der Waals surface area contributed by atoms with Crippen LogP contribution in [0.3, 0.4) is 0 Å². The molecule has 47 heavy (non-hydrogen) atoms. The van der Waals surface area contributed by atoms with Crippen molar-refractivity contribution in [3.63, 3.8) is 0 Å². The molecular formula is C45H27NO. The zero-order chi connectivity index (χ0) is 30.9. The van der Waals surface area contributed by atoms with Gasteiger partial charge in [0.05, 0.1) is 5.52 Å². The molecule has 0 spiro atoms. The van der Waals surface area contributed by atoms with Gasteiger partial charge >= 0.3 is 0 Å². The molecule has 2 heteroatoms. The van der Waals surface area contributed by atoms with Crippen LogP contribution >= 0.6 is 0 Å². The quantitative estimate of drug-likeness (QED) is 0.189. The Morgan fingerprint density at radius 2 is 0.894 bits per heavy atom. The van der Waals surface area contributed by atoms with Gasteiger partial charge in [0.15, 0.2) is 5.58 Å². The van der Waals surface area contributed by atoms with Crippen LogP contribution < -0.4 is 0 Å². The van der Waals surface area contributed by atoms with E-state index < -0.39 is 0 Å². The summed E-state index contributed by atoms with van der Waals surface area (Å²) in [6.07, 6.45) is 0. The molecule has 0 aliphatic carbocycles. The van der Waals surface area contributed by atoms with Crippen LogP contribution in [0.4, 0.5) is 0 Å². The molecule has 0 N–H and O–H groups in total. The Balaban J connectivity index is 1.27. The van der Waals surface area contributed by atoms with E-state index in [2.05, 4.69) is 146 Å². The summed E-state index contributed by atoms with van der Waals surface area (Å²) in [5, 5.41) is 9.58. The highest BCUT2D eigenvalue weighted by Gasteiger charge is 2.20. The van der Waals surface area contributed by atoms with Crippen LogP contribution in [0.5, 0.6) is 0 Å². The maximum absolute atomic E-state index is 6.56. The highest BCUT2D eigenvalue weighted by molar-refractivity contribution is 6.22. The molecule has 218 valence electrons. The van der Waals surface area contributed by atoms with E-state index in [4.69, 9.17) is 9.40 Å². The van der Waals surface area contributed by atoms with Crippen molar-refractivity contribution in [1.29, 1.82) is 0 Å². The fourth-order valence-corrected chi connectivity index (χ4v) is 7.55. The normalized spacial score (nSPS) is 11.8. The molecule has 0 aliphatic heterocycles. The SMILES string of the molecule is c1cc(-c2c3ccccc3c(-c3ccc4ccccc4c3)c3ccccc23)cc(-c2c3ccccc3nc3c2oc2ccccc23)c1. The van der Waals surface area contributed by atoms with Gasteiger partial charge in [-0.2, -0.15) is 0 Å². The number of pyridine rings is 1. The van der Waals surface area contributed by atoms with E-state index in [1.807, 2.05) is 18.2 Å². The van der Waals surface area contributed by atoms with Gasteiger partial charge in [0, 0.05) is 16.3 Å². The third kappa shape index (κ3) is 3.95. The number of aromatic nitrogens is 1. The summed E-state index contributed by atoms with van der Waals surface area (Å²) >= 11 is 0. The van der Waals surface area contributed by atoms with Crippen LogP contribution in [-0.2, 0) is 0 Å². The first-order valence-electron chi connectivity index (χ1n) is 16.1. The highest BCUT2D eigenvalue weighted by Crippen LogP contribution is 2.46. The lowest BCUT2D eigenvalue weighted by Gasteiger charge is -2.18. The van der Waals surface area contributed by atoms with E-state index >= 15 is 0 Å². The molecule has 0 saturated carbocycles. The van der Waals surface area contributed by atoms with Gasteiger partial charge in [-0.3, -0.25) is 0 Å². The van der Waals surface area contributed by atoms with Gasteiger partial charge in [-0.15, -0.1) is 0 Å². The predicted molar refractivity (Wildman–Crippen MR) is 198 cm³/mol. The molecule has 8 aromatic carbocycles. The number of furan rings is 1. The van der Waals surface area contributed by atoms with Crippen LogP contribution in [0.15, 0.2) is 168 Å². The molecule has 0 radical (unpaired) electrons. The van der Waals surface area contributed by atoms with Crippen molar-refractivity contribution in [3.05, 3.63) is 164 Å². The van der Waals surface area contributed by atoms with Crippen molar-refractivity contribution in [2.75, 3.05) is 0 Å². The second-order valence-electron chi connectivity index (χ2n) is 12.3. The van der Waals surface area contributed by atoms with E-state index in [0.717, 1.165) is 44.1 Å². The summed E-state index contributed by atoms with van der Waals surface area (Å²) < 4.78 is 6.56. The molecule has 2 heterocycles. The van der Waals surface area contributed by atoms with E-state index in [1.165, 1.54) is 54.6 Å². The lowest BCUT2D eigenvalue weighted by Crippen LogP contribution is -1.92. The summed E-state index contributed by atoms with van der Waals surface area (Å²) in [4.78, 5) is 5.08. The van der Waals surface area contributed by atoms with E-state index in [0.29, 0.717) is 0 Å². The summed E-state index contributed by atoms with van der Waals surface area (Å²) in [7, 11) is 0. The van der Waals surface area contributed by atoms with Gasteiger partial charge in [0.1, 0.15) is 11.1 Å². The number of para-hydroxylation sites is 2. The molecule has 10 rings (SSSR count). The minimum absolute atomic E-state index is 0.823. The highest BCUT2D eigenvalue weighted by atomic mass is 16.3. The van der Waals surface area contributed by atoms with Crippen LogP contribution in [0, 0.1) is 0 Å². The van der Waals surface area contributed by atoms with E-state index in [9.17, 15) is 0 Å². The van der Waals surface area contributed by atoms with Gasteiger partial charge in [0.25, 0.3) is 0 Å². The number of fused-ring (bicyclic) bond motifs is 7. The number of hydrogen-bond donors (Lipinski definition) is 0. The number of rotatable bonds is 3. The van der Waals surface area contributed by atoms with Crippen LogP contribution in [0.1, 0.15) is 0 Å². The predicted octanol–water partition coefficient (Wildman–Crippen LogP) is 12.6. The summed E-state index contributed by atoms with van der Waals surface area (Å²) in [6, 6.07) is 58.7.